The molecule has 7 heteroatoms. The van der Waals surface area contributed by atoms with Crippen molar-refractivity contribution in [2.45, 2.75) is 6.18 Å². The number of benzene rings is 2. The van der Waals surface area contributed by atoms with Gasteiger partial charge in [0.05, 0.1) is 5.56 Å². The van der Waals surface area contributed by atoms with E-state index < -0.39 is 23.2 Å². The van der Waals surface area contributed by atoms with Crippen molar-refractivity contribution in [1.29, 1.82) is 0 Å². The van der Waals surface area contributed by atoms with Crippen molar-refractivity contribution in [3.63, 3.8) is 0 Å². The van der Waals surface area contributed by atoms with Gasteiger partial charge in [-0.15, -0.1) is 0 Å². The van der Waals surface area contributed by atoms with Crippen LogP contribution in [0.3, 0.4) is 0 Å². The molecule has 0 atom stereocenters. The van der Waals surface area contributed by atoms with Crippen molar-refractivity contribution in [2.24, 2.45) is 0 Å². The Morgan fingerprint density at radius 2 is 1.81 bits per heavy atom. The number of para-hydroxylation sites is 1. The third-order valence-corrected chi connectivity index (χ3v) is 3.20. The van der Waals surface area contributed by atoms with Gasteiger partial charge in [-0.05, 0) is 18.2 Å². The molecule has 3 aromatic rings. The number of primary amides is 1. The molecule has 0 aliphatic rings. The van der Waals surface area contributed by atoms with Crippen LogP contribution in [0.4, 0.5) is 13.2 Å². The highest BCUT2D eigenvalue weighted by molar-refractivity contribution is 6.15. The molecule has 0 aliphatic carbocycles. The number of alkyl halides is 3. The molecule has 108 valence electrons. The fraction of sp³-hybridized carbons (Fsp3) is 0.0714. The van der Waals surface area contributed by atoms with Gasteiger partial charge in [-0.25, -0.2) is 4.79 Å². The first kappa shape index (κ1) is 13.6. The first-order valence-corrected chi connectivity index (χ1v) is 5.94. The lowest BCUT2D eigenvalue weighted by molar-refractivity contribution is -0.482. The van der Waals surface area contributed by atoms with Gasteiger partial charge in [0, 0.05) is 10.8 Å². The van der Waals surface area contributed by atoms with E-state index in [-0.39, 0.29) is 16.4 Å². The van der Waals surface area contributed by atoms with Crippen LogP contribution in [0.1, 0.15) is 15.9 Å². The number of hydroxylamine groups is 1. The maximum absolute atomic E-state index is 13.1. The Kier molecular flexibility index (Phi) is 2.96. The lowest BCUT2D eigenvalue weighted by Gasteiger charge is -2.12. The molecule has 4 nitrogen and oxygen atoms in total. The molecule has 0 unspecified atom stereocenters. The Morgan fingerprint density at radius 3 is 2.48 bits per heavy atom. The number of hydrogen-bond donors (Lipinski definition) is 1. The number of quaternary nitrogens is 1. The van der Waals surface area contributed by atoms with Crippen molar-refractivity contribution in [1.82, 2.24) is 0 Å². The van der Waals surface area contributed by atoms with Gasteiger partial charge >= 0.3 is 12.1 Å². The van der Waals surface area contributed by atoms with E-state index in [4.69, 9.17) is 4.42 Å². The monoisotopic (exact) mass is 295 g/mol. The minimum Gasteiger partial charge on any atom is -0.628 e. The zero-order chi connectivity index (χ0) is 15.2. The fourth-order valence-corrected chi connectivity index (χ4v) is 2.37. The number of rotatable bonds is 1. The predicted octanol–water partition coefficient (Wildman–Crippen LogP) is 2.81. The smallest absolute Gasteiger partial charge is 0.417 e. The lowest BCUT2D eigenvalue weighted by Crippen LogP contribution is -2.81. The van der Waals surface area contributed by atoms with E-state index in [2.05, 4.69) is 0 Å². The van der Waals surface area contributed by atoms with Crippen LogP contribution in [-0.2, 0) is 6.18 Å². The number of carbonyl (C=O) groups is 1. The zero-order valence-electron chi connectivity index (χ0n) is 10.4. The van der Waals surface area contributed by atoms with E-state index in [0.717, 1.165) is 12.1 Å². The first-order valence-electron chi connectivity index (χ1n) is 5.94. The van der Waals surface area contributed by atoms with Gasteiger partial charge in [0.25, 0.3) is 0 Å². The Hall–Kier alpha value is -2.38. The molecule has 0 fully saturated rings. The van der Waals surface area contributed by atoms with Crippen LogP contribution >= 0.6 is 0 Å². The molecule has 0 spiro atoms. The molecule has 21 heavy (non-hydrogen) atoms. The highest BCUT2D eigenvalue weighted by Gasteiger charge is 2.38. The molecule has 0 aliphatic heterocycles. The van der Waals surface area contributed by atoms with Crippen LogP contribution in [-0.4, -0.2) is 5.91 Å². The third kappa shape index (κ3) is 2.07. The van der Waals surface area contributed by atoms with E-state index in [1.54, 1.807) is 24.3 Å². The minimum absolute atomic E-state index is 0.0116. The number of halogens is 3. The van der Waals surface area contributed by atoms with Crippen molar-refractivity contribution >= 4 is 27.8 Å². The number of amides is 1. The Labute approximate surface area is 115 Å². The highest BCUT2D eigenvalue weighted by Crippen LogP contribution is 2.39. The second-order valence-electron chi connectivity index (χ2n) is 4.44. The number of hydrogen-bond acceptors (Lipinski definition) is 3. The second kappa shape index (κ2) is 4.57. The number of carbonyl (C=O) groups excluding carboxylic acids is 1. The molecular weight excluding hydrogens is 287 g/mol. The molecule has 3 rings (SSSR count). The number of fused-ring (bicyclic) bond motifs is 3. The molecule has 2 N–H and O–H groups in total. The van der Waals surface area contributed by atoms with Crippen LogP contribution in [0.2, 0.25) is 0 Å². The molecule has 1 amide bonds. The summed E-state index contributed by atoms with van der Waals surface area (Å²) in [5, 5.41) is 11.1. The van der Waals surface area contributed by atoms with Gasteiger partial charge in [-0.3, -0.25) is 0 Å². The van der Waals surface area contributed by atoms with Crippen LogP contribution in [0, 0.1) is 5.21 Å². The molecule has 1 heterocycles. The molecule has 0 saturated heterocycles. The molecular formula is C14H8F3NO3. The van der Waals surface area contributed by atoms with Gasteiger partial charge in [-0.1, -0.05) is 18.2 Å². The Morgan fingerprint density at radius 1 is 1.10 bits per heavy atom. The zero-order valence-corrected chi connectivity index (χ0v) is 10.4. The van der Waals surface area contributed by atoms with E-state index in [9.17, 15) is 23.2 Å². The quantitative estimate of drug-likeness (QED) is 0.702. The summed E-state index contributed by atoms with van der Waals surface area (Å²) >= 11 is 0. The van der Waals surface area contributed by atoms with Crippen molar-refractivity contribution in [2.75, 3.05) is 0 Å². The molecule has 1 aromatic heterocycles. The summed E-state index contributed by atoms with van der Waals surface area (Å²) in [5.41, 5.74) is -1.44. The van der Waals surface area contributed by atoms with E-state index in [0.29, 0.717) is 11.0 Å². The van der Waals surface area contributed by atoms with Gasteiger partial charge in [0.2, 0.25) is 0 Å². The van der Waals surface area contributed by atoms with Gasteiger partial charge in [0.1, 0.15) is 16.7 Å². The van der Waals surface area contributed by atoms with Gasteiger partial charge in [-0.2, -0.15) is 13.2 Å². The van der Waals surface area contributed by atoms with E-state index >= 15 is 0 Å². The van der Waals surface area contributed by atoms with Crippen molar-refractivity contribution in [3.05, 3.63) is 52.7 Å². The van der Waals surface area contributed by atoms with E-state index in [1.807, 2.05) is 0 Å². The summed E-state index contributed by atoms with van der Waals surface area (Å²) in [6, 6.07) is 8.31. The summed E-state index contributed by atoms with van der Waals surface area (Å²) in [4.78, 5) is 11.7. The first-order chi connectivity index (χ1) is 9.93. The van der Waals surface area contributed by atoms with Crippen LogP contribution in [0.15, 0.2) is 40.8 Å². The predicted molar refractivity (Wildman–Crippen MR) is 68.3 cm³/mol. The minimum atomic E-state index is -4.74. The fourth-order valence-electron chi connectivity index (χ4n) is 2.37. The molecule has 0 radical (unpaired) electrons. The summed E-state index contributed by atoms with van der Waals surface area (Å²) < 4.78 is 44.7. The second-order valence-corrected chi connectivity index (χ2v) is 4.44. The molecule has 0 bridgehead atoms. The number of nitrogens with two attached hydrogens (primary N) is 1. The topological polar surface area (TPSA) is 69.9 Å². The van der Waals surface area contributed by atoms with E-state index in [1.165, 1.54) is 0 Å². The average molecular weight is 295 g/mol. The van der Waals surface area contributed by atoms with Gasteiger partial charge < -0.3 is 15.1 Å². The van der Waals surface area contributed by atoms with Crippen LogP contribution < -0.4 is 5.48 Å². The van der Waals surface area contributed by atoms with Crippen LogP contribution in [0.25, 0.3) is 21.9 Å². The molecule has 2 aromatic carbocycles. The Balaban J connectivity index is 2.51. The van der Waals surface area contributed by atoms with Gasteiger partial charge in [0.15, 0.2) is 0 Å². The van der Waals surface area contributed by atoms with Crippen molar-refractivity contribution in [3.8, 4) is 0 Å². The van der Waals surface area contributed by atoms with Crippen LogP contribution in [0.5, 0.6) is 0 Å². The average Bonchev–Trinajstić information content (AvgIpc) is 2.83. The summed E-state index contributed by atoms with van der Waals surface area (Å²) in [7, 11) is 0. The maximum Gasteiger partial charge on any atom is 0.417 e. The third-order valence-electron chi connectivity index (χ3n) is 3.20. The Bertz CT molecular complexity index is 852. The standard InChI is InChI=1S/C14H8F3NO3/c15-14(16,17)8-5-6-10-11(12(8)13(19)18-20)7-3-1-2-4-9(7)21-10/h1-6H,18H2. The maximum atomic E-state index is 13.1. The SMILES string of the molecule is O=C([NH2+][O-])c1c(C(F)(F)F)ccc2oc3ccccc3c12. The largest absolute Gasteiger partial charge is 0.628 e. The highest BCUT2D eigenvalue weighted by atomic mass is 19.4. The normalized spacial score (nSPS) is 12.2. The number of furan rings is 1. The van der Waals surface area contributed by atoms with Crippen molar-refractivity contribution < 1.29 is 27.9 Å². The summed E-state index contributed by atoms with van der Waals surface area (Å²) in [6.07, 6.45) is -4.74. The molecule has 0 saturated carbocycles. The summed E-state index contributed by atoms with van der Waals surface area (Å²) in [6.45, 7) is 0. The summed E-state index contributed by atoms with van der Waals surface area (Å²) in [5.74, 6) is -1.22. The lowest BCUT2D eigenvalue weighted by atomic mass is 9.99.